The monoisotopic (exact) mass is 248 g/mol. The van der Waals surface area contributed by atoms with E-state index in [9.17, 15) is 18.0 Å². The smallest absolute Gasteiger partial charge is 0.311 e. The molecular weight excluding hydrogens is 235 g/mol. The van der Waals surface area contributed by atoms with Crippen LogP contribution in [0.1, 0.15) is 12.0 Å². The summed E-state index contributed by atoms with van der Waals surface area (Å²) >= 11 is 0. The third-order valence-electron chi connectivity index (χ3n) is 2.28. The number of benzene rings is 1. The Kier molecular flexibility index (Phi) is 4.51. The minimum atomic E-state index is -1.24. The first kappa shape index (κ1) is 13.5. The highest BCUT2D eigenvalue weighted by atomic mass is 19.2. The largest absolute Gasteiger partial charge is 0.469 e. The molecule has 0 radical (unpaired) electrons. The SMILES string of the molecule is COC(=O)C[C@H]([NH3+])Cc1cc(F)c(F)cc1F. The molecule has 3 nitrogen and oxygen atoms in total. The fourth-order valence-corrected chi connectivity index (χ4v) is 1.42. The van der Waals surface area contributed by atoms with Gasteiger partial charge >= 0.3 is 5.97 Å². The second-order valence-corrected chi connectivity index (χ2v) is 3.71. The molecule has 1 aromatic carbocycles. The molecule has 1 atom stereocenters. The first-order valence-corrected chi connectivity index (χ1v) is 4.97. The highest BCUT2D eigenvalue weighted by Crippen LogP contribution is 2.15. The van der Waals surface area contributed by atoms with Gasteiger partial charge in [-0.15, -0.1) is 0 Å². The summed E-state index contributed by atoms with van der Waals surface area (Å²) < 4.78 is 43.2. The van der Waals surface area contributed by atoms with Crippen LogP contribution in [0.15, 0.2) is 12.1 Å². The topological polar surface area (TPSA) is 53.9 Å². The van der Waals surface area contributed by atoms with E-state index < -0.39 is 29.5 Å². The number of halogens is 3. The van der Waals surface area contributed by atoms with E-state index in [0.717, 1.165) is 6.07 Å². The Morgan fingerprint density at radius 3 is 2.47 bits per heavy atom. The van der Waals surface area contributed by atoms with Gasteiger partial charge in [-0.3, -0.25) is 4.79 Å². The maximum atomic E-state index is 13.3. The third-order valence-corrected chi connectivity index (χ3v) is 2.28. The number of hydrogen-bond acceptors (Lipinski definition) is 2. The quantitative estimate of drug-likeness (QED) is 0.633. The molecule has 0 heterocycles. The normalized spacial score (nSPS) is 12.3. The molecular formula is C11H13F3NO2+. The number of carbonyl (C=O) groups excluding carboxylic acids is 1. The van der Waals surface area contributed by atoms with E-state index in [-0.39, 0.29) is 18.4 Å². The fourth-order valence-electron chi connectivity index (χ4n) is 1.42. The van der Waals surface area contributed by atoms with E-state index in [1.54, 1.807) is 0 Å². The molecule has 0 aliphatic rings. The number of esters is 1. The van der Waals surface area contributed by atoms with Gasteiger partial charge in [0.05, 0.1) is 19.6 Å². The summed E-state index contributed by atoms with van der Waals surface area (Å²) in [5.74, 6) is -3.68. The number of carbonyl (C=O) groups is 1. The number of ether oxygens (including phenoxy) is 1. The maximum Gasteiger partial charge on any atom is 0.311 e. The summed E-state index contributed by atoms with van der Waals surface area (Å²) in [6.45, 7) is 0. The Morgan fingerprint density at radius 1 is 1.29 bits per heavy atom. The zero-order valence-electron chi connectivity index (χ0n) is 9.30. The Bertz CT molecular complexity index is 423. The van der Waals surface area contributed by atoms with Crippen molar-refractivity contribution >= 4 is 5.97 Å². The molecule has 0 saturated carbocycles. The van der Waals surface area contributed by atoms with Crippen LogP contribution in [0.2, 0.25) is 0 Å². The van der Waals surface area contributed by atoms with Crippen LogP contribution in [0, 0.1) is 17.5 Å². The van der Waals surface area contributed by atoms with E-state index in [0.29, 0.717) is 6.07 Å². The van der Waals surface area contributed by atoms with Crippen LogP contribution in [0.3, 0.4) is 0 Å². The van der Waals surface area contributed by atoms with Crippen molar-refractivity contribution in [2.75, 3.05) is 7.11 Å². The van der Waals surface area contributed by atoms with E-state index in [1.165, 1.54) is 7.11 Å². The number of rotatable bonds is 4. The van der Waals surface area contributed by atoms with E-state index in [1.807, 2.05) is 0 Å². The van der Waals surface area contributed by atoms with Crippen LogP contribution >= 0.6 is 0 Å². The number of hydrogen-bond donors (Lipinski definition) is 1. The molecule has 0 aliphatic heterocycles. The van der Waals surface area contributed by atoms with Crippen LogP contribution in [-0.2, 0) is 16.0 Å². The molecule has 0 unspecified atom stereocenters. The second kappa shape index (κ2) is 5.67. The average Bonchev–Trinajstić information content (AvgIpc) is 2.25. The predicted molar refractivity (Wildman–Crippen MR) is 53.3 cm³/mol. The Labute approximate surface area is 96.4 Å². The Morgan fingerprint density at radius 2 is 1.88 bits per heavy atom. The van der Waals surface area contributed by atoms with Gasteiger partial charge in [-0.25, -0.2) is 13.2 Å². The van der Waals surface area contributed by atoms with Crippen molar-refractivity contribution in [2.24, 2.45) is 0 Å². The summed E-state index contributed by atoms with van der Waals surface area (Å²) in [4.78, 5) is 10.9. The molecule has 0 fully saturated rings. The predicted octanol–water partition coefficient (Wildman–Crippen LogP) is 0.820. The van der Waals surface area contributed by atoms with Crippen molar-refractivity contribution in [3.63, 3.8) is 0 Å². The van der Waals surface area contributed by atoms with Gasteiger partial charge in [-0.2, -0.15) is 0 Å². The first-order chi connectivity index (χ1) is 7.93. The standard InChI is InChI=1S/C11H12F3NO2/c1-17-11(16)4-7(15)2-6-3-9(13)10(14)5-8(6)12/h3,5,7H,2,4,15H2,1H3/p+1/t7-/m1/s1. The van der Waals surface area contributed by atoms with Gasteiger partial charge in [-0.05, 0) is 11.6 Å². The molecule has 0 amide bonds. The van der Waals surface area contributed by atoms with Crippen molar-refractivity contribution in [1.29, 1.82) is 0 Å². The molecule has 0 spiro atoms. The van der Waals surface area contributed by atoms with Crippen molar-refractivity contribution in [3.8, 4) is 0 Å². The molecule has 1 rings (SSSR count). The van der Waals surface area contributed by atoms with Crippen molar-refractivity contribution in [1.82, 2.24) is 0 Å². The molecule has 94 valence electrons. The molecule has 0 saturated heterocycles. The molecule has 1 aromatic rings. The molecule has 0 aliphatic carbocycles. The lowest BCUT2D eigenvalue weighted by Crippen LogP contribution is -2.62. The lowest BCUT2D eigenvalue weighted by atomic mass is 10.0. The summed E-state index contributed by atoms with van der Waals surface area (Å²) in [6.07, 6.45) is 0.0348. The van der Waals surface area contributed by atoms with Crippen LogP contribution < -0.4 is 5.73 Å². The minimum Gasteiger partial charge on any atom is -0.469 e. The third kappa shape index (κ3) is 3.74. The Hall–Kier alpha value is -1.56. The van der Waals surface area contributed by atoms with Crippen LogP contribution in [0.5, 0.6) is 0 Å². The lowest BCUT2D eigenvalue weighted by molar-refractivity contribution is -0.418. The molecule has 0 aromatic heterocycles. The Balaban J connectivity index is 2.74. The van der Waals surface area contributed by atoms with Gasteiger partial charge in [0.1, 0.15) is 5.82 Å². The molecule has 3 N–H and O–H groups in total. The van der Waals surface area contributed by atoms with Crippen molar-refractivity contribution < 1.29 is 28.4 Å². The van der Waals surface area contributed by atoms with Crippen LogP contribution in [0.25, 0.3) is 0 Å². The summed E-state index contributed by atoms with van der Waals surface area (Å²) in [6, 6.07) is 0.803. The van der Waals surface area contributed by atoms with E-state index in [2.05, 4.69) is 10.5 Å². The second-order valence-electron chi connectivity index (χ2n) is 3.71. The zero-order chi connectivity index (χ0) is 13.0. The molecule has 0 bridgehead atoms. The van der Waals surface area contributed by atoms with Gasteiger partial charge in [0, 0.05) is 12.5 Å². The van der Waals surface area contributed by atoms with E-state index in [4.69, 9.17) is 0 Å². The van der Waals surface area contributed by atoms with Crippen LogP contribution in [0.4, 0.5) is 13.2 Å². The van der Waals surface area contributed by atoms with Crippen molar-refractivity contribution in [3.05, 3.63) is 35.1 Å². The highest BCUT2D eigenvalue weighted by molar-refractivity contribution is 5.69. The van der Waals surface area contributed by atoms with Gasteiger partial charge < -0.3 is 10.5 Å². The highest BCUT2D eigenvalue weighted by Gasteiger charge is 2.17. The van der Waals surface area contributed by atoms with E-state index >= 15 is 0 Å². The van der Waals surface area contributed by atoms with Gasteiger partial charge in [0.15, 0.2) is 11.6 Å². The molecule has 6 heteroatoms. The fraction of sp³-hybridized carbons (Fsp3) is 0.364. The number of methoxy groups -OCH3 is 1. The summed E-state index contributed by atoms with van der Waals surface area (Å²) in [5.41, 5.74) is 3.62. The molecule has 17 heavy (non-hydrogen) atoms. The van der Waals surface area contributed by atoms with Gasteiger partial charge in [0.25, 0.3) is 0 Å². The zero-order valence-corrected chi connectivity index (χ0v) is 9.30. The van der Waals surface area contributed by atoms with Gasteiger partial charge in [-0.1, -0.05) is 0 Å². The van der Waals surface area contributed by atoms with Gasteiger partial charge in [0.2, 0.25) is 0 Å². The van der Waals surface area contributed by atoms with Crippen LogP contribution in [-0.4, -0.2) is 19.1 Å². The number of quaternary nitrogens is 1. The lowest BCUT2D eigenvalue weighted by Gasteiger charge is -2.08. The summed E-state index contributed by atoms with van der Waals surface area (Å²) in [5, 5.41) is 0. The van der Waals surface area contributed by atoms with Crippen molar-refractivity contribution in [2.45, 2.75) is 18.9 Å². The first-order valence-electron chi connectivity index (χ1n) is 4.97. The minimum absolute atomic E-state index is 0.00502. The summed E-state index contributed by atoms with van der Waals surface area (Å²) in [7, 11) is 1.23. The maximum absolute atomic E-state index is 13.3. The average molecular weight is 248 g/mol.